The molecule has 0 spiro atoms. The van der Waals surface area contributed by atoms with Crippen molar-refractivity contribution in [2.24, 2.45) is 0 Å². The van der Waals surface area contributed by atoms with Crippen LogP contribution in [-0.4, -0.2) is 20.0 Å². The van der Waals surface area contributed by atoms with Gasteiger partial charge in [0.2, 0.25) is 0 Å². The predicted molar refractivity (Wildman–Crippen MR) is 79.4 cm³/mol. The van der Waals surface area contributed by atoms with E-state index in [1.807, 2.05) is 0 Å². The van der Waals surface area contributed by atoms with E-state index in [9.17, 15) is 4.79 Å². The maximum atomic E-state index is 12.5. The quantitative estimate of drug-likeness (QED) is 0.792. The molecule has 0 heterocycles. The van der Waals surface area contributed by atoms with E-state index in [1.54, 1.807) is 30.3 Å². The number of benzene rings is 2. The van der Waals surface area contributed by atoms with Crippen molar-refractivity contribution < 1.29 is 14.3 Å². The van der Waals surface area contributed by atoms with Crippen molar-refractivity contribution >= 4 is 29.0 Å². The zero-order chi connectivity index (χ0) is 14.7. The van der Waals surface area contributed by atoms with Gasteiger partial charge in [-0.25, -0.2) is 0 Å². The summed E-state index contributed by atoms with van der Waals surface area (Å²) in [5.41, 5.74) is 0.764. The second kappa shape index (κ2) is 6.16. The van der Waals surface area contributed by atoms with Crippen LogP contribution in [-0.2, 0) is 0 Å². The lowest BCUT2D eigenvalue weighted by molar-refractivity contribution is 0.103. The van der Waals surface area contributed by atoms with Gasteiger partial charge < -0.3 is 9.47 Å². The largest absolute Gasteiger partial charge is 0.497 e. The molecule has 0 saturated carbocycles. The Labute approximate surface area is 127 Å². The Morgan fingerprint density at radius 2 is 1.55 bits per heavy atom. The van der Waals surface area contributed by atoms with Crippen LogP contribution in [0.2, 0.25) is 10.0 Å². The van der Waals surface area contributed by atoms with Crippen LogP contribution >= 0.6 is 23.2 Å². The molecule has 5 heteroatoms. The summed E-state index contributed by atoms with van der Waals surface area (Å²) in [6, 6.07) is 9.71. The van der Waals surface area contributed by atoms with Crippen molar-refractivity contribution in [2.75, 3.05) is 14.2 Å². The highest BCUT2D eigenvalue weighted by molar-refractivity contribution is 6.36. The Morgan fingerprint density at radius 1 is 0.950 bits per heavy atom. The molecule has 2 rings (SSSR count). The lowest BCUT2D eigenvalue weighted by atomic mass is 10.0. The second-order valence-electron chi connectivity index (χ2n) is 4.05. The zero-order valence-electron chi connectivity index (χ0n) is 10.9. The average molecular weight is 311 g/mol. The van der Waals surface area contributed by atoms with Crippen molar-refractivity contribution in [1.29, 1.82) is 0 Å². The molecule has 0 aliphatic carbocycles. The molecule has 0 aromatic heterocycles. The van der Waals surface area contributed by atoms with Gasteiger partial charge in [0.05, 0.1) is 19.2 Å². The normalized spacial score (nSPS) is 10.2. The summed E-state index contributed by atoms with van der Waals surface area (Å²) in [7, 11) is 3.05. The first-order valence-electron chi connectivity index (χ1n) is 5.78. The van der Waals surface area contributed by atoms with Crippen molar-refractivity contribution in [3.8, 4) is 11.5 Å². The highest BCUT2D eigenvalue weighted by Crippen LogP contribution is 2.27. The number of ether oxygens (including phenoxy) is 2. The van der Waals surface area contributed by atoms with E-state index in [-0.39, 0.29) is 5.78 Å². The van der Waals surface area contributed by atoms with Crippen molar-refractivity contribution in [1.82, 2.24) is 0 Å². The first-order valence-corrected chi connectivity index (χ1v) is 6.53. The molecule has 0 fully saturated rings. The van der Waals surface area contributed by atoms with Crippen molar-refractivity contribution in [2.45, 2.75) is 0 Å². The Morgan fingerprint density at radius 3 is 2.10 bits per heavy atom. The van der Waals surface area contributed by atoms with Gasteiger partial charge in [-0.15, -0.1) is 0 Å². The van der Waals surface area contributed by atoms with Crippen molar-refractivity contribution in [3.05, 3.63) is 57.6 Å². The minimum absolute atomic E-state index is 0.241. The number of rotatable bonds is 4. The van der Waals surface area contributed by atoms with Gasteiger partial charge in [-0.05, 0) is 30.3 Å². The van der Waals surface area contributed by atoms with Crippen LogP contribution in [0.1, 0.15) is 15.9 Å². The van der Waals surface area contributed by atoms with E-state index in [4.69, 9.17) is 32.7 Å². The van der Waals surface area contributed by atoms with E-state index in [1.165, 1.54) is 20.3 Å². The zero-order valence-corrected chi connectivity index (χ0v) is 12.5. The third kappa shape index (κ3) is 3.06. The van der Waals surface area contributed by atoms with Crippen LogP contribution in [0.3, 0.4) is 0 Å². The molecule has 0 aliphatic rings. The van der Waals surface area contributed by atoms with Gasteiger partial charge in [0, 0.05) is 22.2 Å². The highest BCUT2D eigenvalue weighted by atomic mass is 35.5. The second-order valence-corrected chi connectivity index (χ2v) is 4.90. The minimum Gasteiger partial charge on any atom is -0.497 e. The number of carbonyl (C=O) groups excluding carboxylic acids is 1. The number of hydrogen-bond donors (Lipinski definition) is 0. The third-order valence-corrected chi connectivity index (χ3v) is 3.35. The van der Waals surface area contributed by atoms with Crippen LogP contribution in [0.15, 0.2) is 36.4 Å². The highest BCUT2D eigenvalue weighted by Gasteiger charge is 2.15. The number of hydrogen-bond acceptors (Lipinski definition) is 3. The van der Waals surface area contributed by atoms with Crippen LogP contribution in [0.5, 0.6) is 11.5 Å². The van der Waals surface area contributed by atoms with Crippen LogP contribution < -0.4 is 9.47 Å². The molecular formula is C15H12Cl2O3. The fourth-order valence-corrected chi connectivity index (χ4v) is 2.14. The molecule has 0 amide bonds. The first kappa shape index (κ1) is 14.7. The maximum Gasteiger partial charge on any atom is 0.194 e. The number of halogens is 2. The van der Waals surface area contributed by atoms with Crippen LogP contribution in [0.25, 0.3) is 0 Å². The fraction of sp³-hybridized carbons (Fsp3) is 0.133. The molecule has 0 aliphatic heterocycles. The molecule has 0 unspecified atom stereocenters. The van der Waals surface area contributed by atoms with Gasteiger partial charge in [0.1, 0.15) is 11.5 Å². The van der Waals surface area contributed by atoms with Gasteiger partial charge in [-0.2, -0.15) is 0 Å². The number of ketones is 1. The van der Waals surface area contributed by atoms with Crippen LogP contribution in [0, 0.1) is 0 Å². The average Bonchev–Trinajstić information content (AvgIpc) is 2.48. The molecule has 0 radical (unpaired) electrons. The maximum absolute atomic E-state index is 12.5. The van der Waals surface area contributed by atoms with E-state index >= 15 is 0 Å². The Kier molecular flexibility index (Phi) is 4.53. The fourth-order valence-electron chi connectivity index (χ4n) is 1.77. The van der Waals surface area contributed by atoms with E-state index < -0.39 is 0 Å². The Balaban J connectivity index is 2.50. The molecule has 2 aromatic rings. The molecule has 20 heavy (non-hydrogen) atoms. The van der Waals surface area contributed by atoms with E-state index in [2.05, 4.69) is 0 Å². The third-order valence-electron chi connectivity index (χ3n) is 2.79. The lowest BCUT2D eigenvalue weighted by Crippen LogP contribution is -2.03. The predicted octanol–water partition coefficient (Wildman–Crippen LogP) is 4.24. The van der Waals surface area contributed by atoms with E-state index in [0.717, 1.165) is 0 Å². The molecule has 104 valence electrons. The minimum atomic E-state index is -0.241. The molecule has 0 bridgehead atoms. The summed E-state index contributed by atoms with van der Waals surface area (Å²) in [6.07, 6.45) is 0. The smallest absolute Gasteiger partial charge is 0.194 e. The number of carbonyl (C=O) groups is 1. The van der Waals surface area contributed by atoms with E-state index in [0.29, 0.717) is 32.7 Å². The molecule has 2 aromatic carbocycles. The lowest BCUT2D eigenvalue weighted by Gasteiger charge is -2.09. The number of methoxy groups -OCH3 is 2. The van der Waals surface area contributed by atoms with Gasteiger partial charge in [0.25, 0.3) is 0 Å². The molecule has 0 N–H and O–H groups in total. The standard InChI is InChI=1S/C15H12Cl2O3/c1-19-11-5-9(6-12(8-11)20-2)15(18)13-7-10(16)3-4-14(13)17/h3-8H,1-2H3. The SMILES string of the molecule is COc1cc(OC)cc(C(=O)c2cc(Cl)ccc2Cl)c1. The van der Waals surface area contributed by atoms with Gasteiger partial charge in [0.15, 0.2) is 5.78 Å². The monoisotopic (exact) mass is 310 g/mol. The summed E-state index contributed by atoms with van der Waals surface area (Å²) in [5.74, 6) is 0.825. The molecule has 0 saturated heterocycles. The Bertz CT molecular complexity index is 631. The van der Waals surface area contributed by atoms with Gasteiger partial charge >= 0.3 is 0 Å². The topological polar surface area (TPSA) is 35.5 Å². The van der Waals surface area contributed by atoms with Gasteiger partial charge in [-0.1, -0.05) is 23.2 Å². The van der Waals surface area contributed by atoms with Crippen molar-refractivity contribution in [3.63, 3.8) is 0 Å². The Hall–Kier alpha value is -1.71. The molecule has 3 nitrogen and oxygen atoms in total. The summed E-state index contributed by atoms with van der Waals surface area (Å²) in [5, 5.41) is 0.800. The summed E-state index contributed by atoms with van der Waals surface area (Å²) in [4.78, 5) is 12.5. The first-order chi connectivity index (χ1) is 9.55. The summed E-state index contributed by atoms with van der Waals surface area (Å²) < 4.78 is 10.3. The van der Waals surface area contributed by atoms with Crippen LogP contribution in [0.4, 0.5) is 0 Å². The summed E-state index contributed by atoms with van der Waals surface area (Å²) in [6.45, 7) is 0. The molecule has 0 atom stereocenters. The summed E-state index contributed by atoms with van der Waals surface area (Å²) >= 11 is 12.0. The van der Waals surface area contributed by atoms with Gasteiger partial charge in [-0.3, -0.25) is 4.79 Å². The molecular weight excluding hydrogens is 299 g/mol.